The molecule has 0 aliphatic carbocycles. The van der Waals surface area contributed by atoms with Crippen molar-refractivity contribution in [3.63, 3.8) is 0 Å². The highest BCUT2D eigenvalue weighted by molar-refractivity contribution is 9.10. The molecule has 0 atom stereocenters. The highest BCUT2D eigenvalue weighted by atomic mass is 79.9. The molecule has 0 unspecified atom stereocenters. The molecule has 1 aromatic heterocycles. The Morgan fingerprint density at radius 3 is 2.91 bits per heavy atom. The maximum absolute atomic E-state index is 12.2. The third kappa shape index (κ3) is 3.89. The number of hydrogen-bond acceptors (Lipinski definition) is 4. The SMILES string of the molecule is Cc1ccc(NC(=O)CSc2nncc3ccccc23)c(Br)c1. The number of hydrogen-bond donors (Lipinski definition) is 1. The zero-order valence-corrected chi connectivity index (χ0v) is 14.8. The number of nitrogens with zero attached hydrogens (tertiary/aromatic N) is 2. The molecule has 23 heavy (non-hydrogen) atoms. The standard InChI is InChI=1S/C17H14BrN3OS/c1-11-6-7-15(14(18)8-11)20-16(22)10-23-17-13-5-3-2-4-12(13)9-19-21-17/h2-9H,10H2,1H3,(H,20,22). The first-order valence-corrected chi connectivity index (χ1v) is 8.80. The molecule has 1 heterocycles. The molecule has 1 N–H and O–H groups in total. The largest absolute Gasteiger partial charge is 0.324 e. The summed E-state index contributed by atoms with van der Waals surface area (Å²) in [7, 11) is 0. The van der Waals surface area contributed by atoms with Crippen LogP contribution in [0.15, 0.2) is 58.2 Å². The van der Waals surface area contributed by atoms with Crippen molar-refractivity contribution in [2.45, 2.75) is 11.9 Å². The fourth-order valence-corrected chi connectivity index (χ4v) is 3.53. The molecule has 2 aromatic carbocycles. The number of amides is 1. The van der Waals surface area contributed by atoms with Crippen LogP contribution < -0.4 is 5.32 Å². The molecule has 4 nitrogen and oxygen atoms in total. The fourth-order valence-electron chi connectivity index (χ4n) is 2.15. The number of halogens is 1. The van der Waals surface area contributed by atoms with Crippen molar-refractivity contribution in [2.75, 3.05) is 11.1 Å². The van der Waals surface area contributed by atoms with Gasteiger partial charge in [-0.25, -0.2) is 0 Å². The number of carbonyl (C=O) groups is 1. The second kappa shape index (κ2) is 7.10. The van der Waals surface area contributed by atoms with Crippen LogP contribution in [0.4, 0.5) is 5.69 Å². The molecule has 6 heteroatoms. The lowest BCUT2D eigenvalue weighted by Crippen LogP contribution is -2.14. The zero-order chi connectivity index (χ0) is 16.2. The van der Waals surface area contributed by atoms with Gasteiger partial charge in [0.1, 0.15) is 5.03 Å². The summed E-state index contributed by atoms with van der Waals surface area (Å²) in [4.78, 5) is 12.2. The van der Waals surface area contributed by atoms with Crippen LogP contribution in [0.2, 0.25) is 0 Å². The Labute approximate surface area is 146 Å². The highest BCUT2D eigenvalue weighted by Crippen LogP contribution is 2.26. The van der Waals surface area contributed by atoms with Gasteiger partial charge in [0.25, 0.3) is 0 Å². The van der Waals surface area contributed by atoms with Crippen LogP contribution >= 0.6 is 27.7 Å². The lowest BCUT2D eigenvalue weighted by Gasteiger charge is -2.08. The first-order valence-electron chi connectivity index (χ1n) is 7.03. The van der Waals surface area contributed by atoms with E-state index in [9.17, 15) is 4.79 Å². The maximum atomic E-state index is 12.2. The average Bonchev–Trinajstić information content (AvgIpc) is 2.55. The van der Waals surface area contributed by atoms with Gasteiger partial charge in [0.05, 0.1) is 17.6 Å². The number of benzene rings is 2. The molecule has 0 fully saturated rings. The molecule has 0 bridgehead atoms. The van der Waals surface area contributed by atoms with E-state index in [0.717, 1.165) is 31.5 Å². The molecule has 3 aromatic rings. The number of carbonyl (C=O) groups excluding carboxylic acids is 1. The number of thioether (sulfide) groups is 1. The van der Waals surface area contributed by atoms with Gasteiger partial charge < -0.3 is 5.32 Å². The summed E-state index contributed by atoms with van der Waals surface area (Å²) in [5.74, 6) is 0.206. The number of fused-ring (bicyclic) bond motifs is 1. The molecule has 0 aliphatic heterocycles. The van der Waals surface area contributed by atoms with Crippen LogP contribution in [-0.2, 0) is 4.79 Å². The van der Waals surface area contributed by atoms with E-state index < -0.39 is 0 Å². The van der Waals surface area contributed by atoms with Crippen LogP contribution in [0, 0.1) is 6.92 Å². The number of aromatic nitrogens is 2. The monoisotopic (exact) mass is 387 g/mol. The Morgan fingerprint density at radius 1 is 1.26 bits per heavy atom. The third-order valence-corrected chi connectivity index (χ3v) is 4.91. The van der Waals surface area contributed by atoms with Crippen LogP contribution in [0.25, 0.3) is 10.8 Å². The summed E-state index contributed by atoms with van der Waals surface area (Å²) < 4.78 is 0.876. The molecule has 116 valence electrons. The minimum absolute atomic E-state index is 0.0747. The lowest BCUT2D eigenvalue weighted by molar-refractivity contribution is -0.113. The minimum atomic E-state index is -0.0747. The molecular weight excluding hydrogens is 374 g/mol. The normalized spacial score (nSPS) is 10.7. The fraction of sp³-hybridized carbons (Fsp3) is 0.118. The van der Waals surface area contributed by atoms with Crippen LogP contribution in [0.5, 0.6) is 0 Å². The molecule has 0 aliphatic rings. The van der Waals surface area contributed by atoms with Crippen molar-refractivity contribution < 1.29 is 4.79 Å². The van der Waals surface area contributed by atoms with E-state index in [1.54, 1.807) is 6.20 Å². The smallest absolute Gasteiger partial charge is 0.234 e. The van der Waals surface area contributed by atoms with Crippen LogP contribution in [0.3, 0.4) is 0 Å². The topological polar surface area (TPSA) is 54.9 Å². The number of anilines is 1. The van der Waals surface area contributed by atoms with Crippen molar-refractivity contribution in [1.82, 2.24) is 10.2 Å². The van der Waals surface area contributed by atoms with Gasteiger partial charge in [-0.2, -0.15) is 5.10 Å². The maximum Gasteiger partial charge on any atom is 0.234 e. The molecule has 1 amide bonds. The zero-order valence-electron chi connectivity index (χ0n) is 12.4. The van der Waals surface area contributed by atoms with Gasteiger partial charge in [0.15, 0.2) is 0 Å². The number of rotatable bonds is 4. The van der Waals surface area contributed by atoms with Gasteiger partial charge >= 0.3 is 0 Å². The first kappa shape index (κ1) is 16.0. The van der Waals surface area contributed by atoms with Gasteiger partial charge in [0.2, 0.25) is 5.91 Å². The summed E-state index contributed by atoms with van der Waals surface area (Å²) in [6, 6.07) is 13.7. The van der Waals surface area contributed by atoms with Gasteiger partial charge in [-0.15, -0.1) is 5.10 Å². The second-order valence-electron chi connectivity index (χ2n) is 5.06. The molecule has 0 radical (unpaired) electrons. The Kier molecular flexibility index (Phi) is 4.93. The van der Waals surface area contributed by atoms with E-state index in [4.69, 9.17) is 0 Å². The van der Waals surface area contributed by atoms with E-state index >= 15 is 0 Å². The minimum Gasteiger partial charge on any atom is -0.324 e. The predicted octanol–water partition coefficient (Wildman–Crippen LogP) is 4.43. The summed E-state index contributed by atoms with van der Waals surface area (Å²) in [5, 5.41) is 13.8. The Morgan fingerprint density at radius 2 is 2.09 bits per heavy atom. The van der Waals surface area contributed by atoms with Gasteiger partial charge in [-0.3, -0.25) is 4.79 Å². The highest BCUT2D eigenvalue weighted by Gasteiger charge is 2.09. The van der Waals surface area contributed by atoms with Crippen molar-refractivity contribution in [1.29, 1.82) is 0 Å². The van der Waals surface area contributed by atoms with Crippen molar-refractivity contribution in [3.05, 3.63) is 58.7 Å². The summed E-state index contributed by atoms with van der Waals surface area (Å²) in [5.41, 5.74) is 1.90. The number of aryl methyl sites for hydroxylation is 1. The lowest BCUT2D eigenvalue weighted by atomic mass is 10.2. The molecule has 3 rings (SSSR count). The third-order valence-electron chi connectivity index (χ3n) is 3.28. The summed E-state index contributed by atoms with van der Waals surface area (Å²) in [6.07, 6.45) is 1.73. The molecule has 0 saturated carbocycles. The Bertz CT molecular complexity index is 864. The van der Waals surface area contributed by atoms with E-state index in [-0.39, 0.29) is 11.7 Å². The van der Waals surface area contributed by atoms with Crippen LogP contribution in [0.1, 0.15) is 5.56 Å². The van der Waals surface area contributed by atoms with Crippen molar-refractivity contribution in [3.8, 4) is 0 Å². The van der Waals surface area contributed by atoms with Crippen molar-refractivity contribution >= 4 is 50.1 Å². The summed E-state index contributed by atoms with van der Waals surface area (Å²) >= 11 is 4.85. The Balaban J connectivity index is 1.69. The van der Waals surface area contributed by atoms with Gasteiger partial charge in [-0.05, 0) is 40.5 Å². The van der Waals surface area contributed by atoms with E-state index in [0.29, 0.717) is 0 Å². The molecule has 0 spiro atoms. The predicted molar refractivity (Wildman–Crippen MR) is 97.8 cm³/mol. The Hall–Kier alpha value is -1.92. The second-order valence-corrected chi connectivity index (χ2v) is 6.88. The quantitative estimate of drug-likeness (QED) is 0.672. The van der Waals surface area contributed by atoms with E-state index in [1.807, 2.05) is 49.4 Å². The average molecular weight is 388 g/mol. The van der Waals surface area contributed by atoms with Gasteiger partial charge in [0, 0.05) is 15.2 Å². The van der Waals surface area contributed by atoms with E-state index in [1.165, 1.54) is 11.8 Å². The molecular formula is C17H14BrN3OS. The van der Waals surface area contributed by atoms with E-state index in [2.05, 4.69) is 31.4 Å². The number of nitrogens with one attached hydrogen (secondary N) is 1. The van der Waals surface area contributed by atoms with Crippen LogP contribution in [-0.4, -0.2) is 21.9 Å². The molecule has 0 saturated heterocycles. The summed E-state index contributed by atoms with van der Waals surface area (Å²) in [6.45, 7) is 2.01. The first-order chi connectivity index (χ1) is 11.1. The van der Waals surface area contributed by atoms with Crippen molar-refractivity contribution in [2.24, 2.45) is 0 Å². The van der Waals surface area contributed by atoms with Gasteiger partial charge in [-0.1, -0.05) is 42.1 Å².